The lowest BCUT2D eigenvalue weighted by atomic mass is 10.1. The molecule has 0 aliphatic carbocycles. The van der Waals surface area contributed by atoms with Gasteiger partial charge in [-0.05, 0) is 12.1 Å². The van der Waals surface area contributed by atoms with Crippen LogP contribution in [-0.4, -0.2) is 21.1 Å². The van der Waals surface area contributed by atoms with Crippen molar-refractivity contribution in [1.29, 1.82) is 5.26 Å². The van der Waals surface area contributed by atoms with Crippen LogP contribution in [0.5, 0.6) is 5.75 Å². The molecule has 0 aliphatic rings. The van der Waals surface area contributed by atoms with Crippen LogP contribution in [0.15, 0.2) is 12.1 Å². The Hall–Kier alpha value is -1.94. The Bertz CT molecular complexity index is 507. The van der Waals surface area contributed by atoms with Crippen LogP contribution in [0.4, 0.5) is 5.69 Å². The van der Waals surface area contributed by atoms with Gasteiger partial charge in [0.1, 0.15) is 11.6 Å². The van der Waals surface area contributed by atoms with E-state index in [4.69, 9.17) is 5.26 Å². The minimum atomic E-state index is -0.890. The molecular weight excluding hydrogens is 280 g/mol. The molecule has 7 heteroatoms. The number of rotatable bonds is 3. The van der Waals surface area contributed by atoms with Gasteiger partial charge in [0.05, 0.1) is 15.8 Å². The zero-order valence-corrected chi connectivity index (χ0v) is 9.39. The number of Topliss-reactive ketones (excluding diaryl/α,β-unsaturated/α-hetero) is 1. The van der Waals surface area contributed by atoms with E-state index in [1.54, 1.807) is 6.07 Å². The summed E-state index contributed by atoms with van der Waals surface area (Å²) in [5, 5.41) is 28.7. The predicted octanol–water partition coefficient (Wildman–Crippen LogP) is 1.75. The number of hydrogen-bond acceptors (Lipinski definition) is 5. The summed E-state index contributed by atoms with van der Waals surface area (Å²) in [5.74, 6) is -1.27. The van der Waals surface area contributed by atoms with Gasteiger partial charge >= 0.3 is 5.69 Å². The van der Waals surface area contributed by atoms with E-state index >= 15 is 0 Å². The second-order valence-corrected chi connectivity index (χ2v) is 3.34. The number of halogens is 1. The fraction of sp³-hybridized carbons (Fsp3) is 0.111. The molecule has 0 saturated carbocycles. The van der Waals surface area contributed by atoms with Crippen molar-refractivity contribution in [3.8, 4) is 11.8 Å². The van der Waals surface area contributed by atoms with Crippen molar-refractivity contribution in [2.45, 2.75) is 0 Å². The number of benzene rings is 1. The van der Waals surface area contributed by atoms with Gasteiger partial charge in [-0.2, -0.15) is 5.26 Å². The second-order valence-electron chi connectivity index (χ2n) is 2.78. The highest BCUT2D eigenvalue weighted by Crippen LogP contribution is 2.33. The summed E-state index contributed by atoms with van der Waals surface area (Å²) < 4.78 is 0. The maximum Gasteiger partial charge on any atom is 0.329 e. The molecule has 0 atom stereocenters. The predicted molar refractivity (Wildman–Crippen MR) is 57.6 cm³/mol. The Labute approximate surface area is 98.4 Å². The average molecular weight is 285 g/mol. The topological polar surface area (TPSA) is 104 Å². The number of carbonyl (C=O) groups is 1. The first-order valence-electron chi connectivity index (χ1n) is 4.02. The molecule has 0 aliphatic heterocycles. The van der Waals surface area contributed by atoms with Crippen LogP contribution in [0.1, 0.15) is 15.9 Å². The van der Waals surface area contributed by atoms with Crippen LogP contribution in [0.2, 0.25) is 0 Å². The summed E-state index contributed by atoms with van der Waals surface area (Å²) in [4.78, 5) is 21.0. The highest BCUT2D eigenvalue weighted by molar-refractivity contribution is 9.09. The number of phenolic OH excluding ortho intramolecular Hbond substituents is 1. The lowest BCUT2D eigenvalue weighted by molar-refractivity contribution is -0.386. The van der Waals surface area contributed by atoms with E-state index in [1.165, 1.54) is 6.07 Å². The summed E-state index contributed by atoms with van der Waals surface area (Å²) in [5.41, 5.74) is -1.20. The van der Waals surface area contributed by atoms with Gasteiger partial charge in [0, 0.05) is 0 Å². The molecule has 0 unspecified atom stereocenters. The average Bonchev–Trinajstić information content (AvgIpc) is 2.26. The van der Waals surface area contributed by atoms with Gasteiger partial charge in [-0.3, -0.25) is 14.9 Å². The third kappa shape index (κ3) is 2.01. The maximum atomic E-state index is 11.3. The van der Waals surface area contributed by atoms with Crippen LogP contribution in [-0.2, 0) is 0 Å². The molecule has 0 saturated heterocycles. The summed E-state index contributed by atoms with van der Waals surface area (Å²) in [6.07, 6.45) is 0. The molecule has 0 radical (unpaired) electrons. The Morgan fingerprint density at radius 1 is 1.62 bits per heavy atom. The molecule has 0 aromatic heterocycles. The second kappa shape index (κ2) is 4.72. The van der Waals surface area contributed by atoms with Gasteiger partial charge in [0.15, 0.2) is 5.78 Å². The van der Waals surface area contributed by atoms with Crippen LogP contribution in [0, 0.1) is 21.4 Å². The standard InChI is InChI=1S/C9H5BrN2O4/c10-3-7(13)6-2-1-5(4-11)8(9(6)14)12(15)16/h1-2,14H,3H2. The minimum absolute atomic E-state index is 0.0659. The number of hydrogen-bond donors (Lipinski definition) is 1. The quantitative estimate of drug-likeness (QED) is 0.394. The molecule has 1 rings (SSSR count). The molecule has 0 fully saturated rings. The summed E-state index contributed by atoms with van der Waals surface area (Å²) in [6, 6.07) is 3.89. The zero-order chi connectivity index (χ0) is 12.3. The zero-order valence-electron chi connectivity index (χ0n) is 7.81. The Morgan fingerprint density at radius 2 is 2.25 bits per heavy atom. The first-order valence-corrected chi connectivity index (χ1v) is 5.14. The van der Waals surface area contributed by atoms with Gasteiger partial charge in [-0.1, -0.05) is 15.9 Å². The highest BCUT2D eigenvalue weighted by Gasteiger charge is 2.25. The maximum absolute atomic E-state index is 11.3. The van der Waals surface area contributed by atoms with Crippen molar-refractivity contribution in [3.05, 3.63) is 33.4 Å². The normalized spacial score (nSPS) is 9.50. The number of alkyl halides is 1. The van der Waals surface area contributed by atoms with Crippen molar-refractivity contribution < 1.29 is 14.8 Å². The Balaban J connectivity index is 3.51. The van der Waals surface area contributed by atoms with Gasteiger partial charge in [-0.25, -0.2) is 0 Å². The summed E-state index contributed by atoms with van der Waals surface area (Å²) in [7, 11) is 0. The van der Waals surface area contributed by atoms with Crippen LogP contribution >= 0.6 is 15.9 Å². The number of nitriles is 1. The molecule has 1 aromatic rings. The van der Waals surface area contributed by atoms with Gasteiger partial charge < -0.3 is 5.11 Å². The number of nitrogens with zero attached hydrogens (tertiary/aromatic N) is 2. The van der Waals surface area contributed by atoms with Crippen LogP contribution < -0.4 is 0 Å². The lowest BCUT2D eigenvalue weighted by Gasteiger charge is -2.03. The number of ketones is 1. The van der Waals surface area contributed by atoms with Crippen LogP contribution in [0.3, 0.4) is 0 Å². The molecule has 82 valence electrons. The number of nitro benzene ring substituents is 1. The molecule has 16 heavy (non-hydrogen) atoms. The third-order valence-corrected chi connectivity index (χ3v) is 2.39. The van der Waals surface area contributed by atoms with Crippen molar-refractivity contribution in [2.24, 2.45) is 0 Å². The van der Waals surface area contributed by atoms with E-state index in [1.807, 2.05) is 0 Å². The fourth-order valence-corrected chi connectivity index (χ4v) is 1.45. The number of aromatic hydroxyl groups is 1. The Morgan fingerprint density at radius 3 is 2.69 bits per heavy atom. The number of carbonyl (C=O) groups excluding carboxylic acids is 1. The molecular formula is C9H5BrN2O4. The molecule has 0 heterocycles. The van der Waals surface area contributed by atoms with Crippen molar-refractivity contribution >= 4 is 27.4 Å². The largest absolute Gasteiger partial charge is 0.502 e. The molecule has 0 spiro atoms. The van der Waals surface area contributed by atoms with Gasteiger partial charge in [0.25, 0.3) is 0 Å². The van der Waals surface area contributed by atoms with E-state index in [0.717, 1.165) is 6.07 Å². The molecule has 1 aromatic carbocycles. The lowest BCUT2D eigenvalue weighted by Crippen LogP contribution is -2.03. The third-order valence-electron chi connectivity index (χ3n) is 1.88. The van der Waals surface area contributed by atoms with Crippen molar-refractivity contribution in [3.63, 3.8) is 0 Å². The van der Waals surface area contributed by atoms with Crippen molar-refractivity contribution in [2.75, 3.05) is 5.33 Å². The van der Waals surface area contributed by atoms with E-state index in [0.29, 0.717) is 0 Å². The minimum Gasteiger partial charge on any atom is -0.502 e. The smallest absolute Gasteiger partial charge is 0.329 e. The van der Waals surface area contributed by atoms with Gasteiger partial charge in [-0.15, -0.1) is 0 Å². The van der Waals surface area contributed by atoms with E-state index in [-0.39, 0.29) is 16.5 Å². The molecule has 0 amide bonds. The molecule has 6 nitrogen and oxygen atoms in total. The number of nitro groups is 1. The first-order chi connectivity index (χ1) is 7.52. The summed E-state index contributed by atoms with van der Waals surface area (Å²) in [6.45, 7) is 0. The molecule has 1 N–H and O–H groups in total. The first kappa shape index (κ1) is 12.1. The monoisotopic (exact) mass is 284 g/mol. The van der Waals surface area contributed by atoms with E-state index in [2.05, 4.69) is 15.9 Å². The van der Waals surface area contributed by atoms with E-state index < -0.39 is 22.1 Å². The highest BCUT2D eigenvalue weighted by atomic mass is 79.9. The fourth-order valence-electron chi connectivity index (χ4n) is 1.15. The molecule has 0 bridgehead atoms. The van der Waals surface area contributed by atoms with Crippen LogP contribution in [0.25, 0.3) is 0 Å². The SMILES string of the molecule is N#Cc1ccc(C(=O)CBr)c(O)c1[N+](=O)[O-]. The number of phenols is 1. The van der Waals surface area contributed by atoms with Crippen molar-refractivity contribution in [1.82, 2.24) is 0 Å². The summed E-state index contributed by atoms with van der Waals surface area (Å²) >= 11 is 2.89. The van der Waals surface area contributed by atoms with Gasteiger partial charge in [0.2, 0.25) is 5.75 Å². The van der Waals surface area contributed by atoms with E-state index in [9.17, 15) is 20.0 Å². The Kier molecular flexibility index (Phi) is 3.58.